The van der Waals surface area contributed by atoms with Crippen LogP contribution in [-0.4, -0.2) is 25.7 Å². The lowest BCUT2D eigenvalue weighted by molar-refractivity contribution is 0.0459. The molecule has 2 aromatic rings. The number of aromatic nitrogens is 4. The van der Waals surface area contributed by atoms with Crippen LogP contribution in [0.4, 0.5) is 0 Å². The Bertz CT molecular complexity index is 540. The number of nitrogens with one attached hydrogen (secondary N) is 1. The van der Waals surface area contributed by atoms with Crippen LogP contribution < -0.4 is 0 Å². The van der Waals surface area contributed by atoms with E-state index in [0.717, 1.165) is 28.4 Å². The third-order valence-electron chi connectivity index (χ3n) is 3.18. The second kappa shape index (κ2) is 5.79. The number of benzene rings is 1. The molecule has 0 fully saturated rings. The number of H-pyrrole nitrogens is 1. The predicted molar refractivity (Wildman–Crippen MR) is 76.4 cm³/mol. The molecule has 0 bridgehead atoms. The third kappa shape index (κ3) is 3.19. The molecule has 0 spiro atoms. The minimum absolute atomic E-state index is 0.563. The van der Waals surface area contributed by atoms with Crippen LogP contribution in [0.2, 0.25) is 0 Å². The van der Waals surface area contributed by atoms with Gasteiger partial charge in [0.05, 0.1) is 5.60 Å². The van der Waals surface area contributed by atoms with Crippen molar-refractivity contribution in [3.05, 3.63) is 28.2 Å². The first-order valence-corrected chi connectivity index (χ1v) is 7.10. The first-order valence-electron chi connectivity index (χ1n) is 6.31. The number of rotatable bonds is 5. The zero-order valence-electron chi connectivity index (χ0n) is 11.0. The van der Waals surface area contributed by atoms with Crippen LogP contribution in [0.25, 0.3) is 11.4 Å². The van der Waals surface area contributed by atoms with Crippen LogP contribution in [0.15, 0.2) is 22.7 Å². The molecule has 0 amide bonds. The molecule has 1 heterocycles. The monoisotopic (exact) mass is 324 g/mol. The fourth-order valence-corrected chi connectivity index (χ4v) is 2.47. The fraction of sp³-hybridized carbons (Fsp3) is 0.462. The van der Waals surface area contributed by atoms with Crippen molar-refractivity contribution < 1.29 is 5.11 Å². The SMILES string of the molecule is CCCCC(C)(O)c1ccc(Br)cc1-c1nnn[nH]1. The highest BCUT2D eigenvalue weighted by Crippen LogP contribution is 2.35. The molecule has 6 heteroatoms. The lowest BCUT2D eigenvalue weighted by Crippen LogP contribution is -2.22. The summed E-state index contributed by atoms with van der Waals surface area (Å²) in [6.07, 6.45) is 2.72. The van der Waals surface area contributed by atoms with E-state index < -0.39 is 5.60 Å². The summed E-state index contributed by atoms with van der Waals surface area (Å²) in [6, 6.07) is 5.75. The Morgan fingerprint density at radius 3 is 2.84 bits per heavy atom. The molecular weight excluding hydrogens is 308 g/mol. The molecule has 2 N–H and O–H groups in total. The van der Waals surface area contributed by atoms with Gasteiger partial charge in [-0.1, -0.05) is 41.8 Å². The normalized spacial score (nSPS) is 14.3. The van der Waals surface area contributed by atoms with Crippen molar-refractivity contribution >= 4 is 15.9 Å². The number of halogens is 1. The van der Waals surface area contributed by atoms with Gasteiger partial charge in [-0.2, -0.15) is 0 Å². The van der Waals surface area contributed by atoms with E-state index in [9.17, 15) is 5.11 Å². The molecule has 0 aliphatic rings. The Hall–Kier alpha value is -1.27. The summed E-state index contributed by atoms with van der Waals surface area (Å²) in [5.41, 5.74) is 0.766. The zero-order valence-corrected chi connectivity index (χ0v) is 12.6. The highest BCUT2D eigenvalue weighted by atomic mass is 79.9. The summed E-state index contributed by atoms with van der Waals surface area (Å²) in [5, 5.41) is 24.6. The molecule has 1 atom stereocenters. The molecule has 1 aromatic heterocycles. The average molecular weight is 325 g/mol. The van der Waals surface area contributed by atoms with Gasteiger partial charge in [-0.25, -0.2) is 5.10 Å². The van der Waals surface area contributed by atoms with Gasteiger partial charge >= 0.3 is 0 Å². The standard InChI is InChI=1S/C13H17BrN4O/c1-3-4-7-13(2,19)11-6-5-9(14)8-10(11)12-15-17-18-16-12/h5-6,8,19H,3-4,7H2,1-2H3,(H,15,16,17,18). The number of nitrogens with zero attached hydrogens (tertiary/aromatic N) is 3. The Balaban J connectivity index is 2.45. The van der Waals surface area contributed by atoms with Crippen molar-refractivity contribution in [3.63, 3.8) is 0 Å². The topological polar surface area (TPSA) is 74.7 Å². The summed E-state index contributed by atoms with van der Waals surface area (Å²) in [6.45, 7) is 3.94. The van der Waals surface area contributed by atoms with E-state index in [4.69, 9.17) is 0 Å². The van der Waals surface area contributed by atoms with Crippen LogP contribution in [0.5, 0.6) is 0 Å². The molecule has 5 nitrogen and oxygen atoms in total. The maximum Gasteiger partial charge on any atom is 0.179 e. The smallest absolute Gasteiger partial charge is 0.179 e. The second-order valence-electron chi connectivity index (χ2n) is 4.82. The first-order chi connectivity index (χ1) is 9.04. The Morgan fingerprint density at radius 1 is 1.42 bits per heavy atom. The molecule has 1 aromatic carbocycles. The van der Waals surface area contributed by atoms with Gasteiger partial charge in [0.1, 0.15) is 0 Å². The molecule has 1 unspecified atom stereocenters. The molecule has 0 aliphatic carbocycles. The molecule has 0 saturated carbocycles. The summed E-state index contributed by atoms with van der Waals surface area (Å²) in [5.74, 6) is 0.563. The minimum atomic E-state index is -0.890. The van der Waals surface area contributed by atoms with E-state index in [1.54, 1.807) is 0 Å². The number of hydrogen-bond acceptors (Lipinski definition) is 4. The molecule has 0 radical (unpaired) electrons. The summed E-state index contributed by atoms with van der Waals surface area (Å²) >= 11 is 3.44. The van der Waals surface area contributed by atoms with Gasteiger partial charge in [0.25, 0.3) is 0 Å². The van der Waals surface area contributed by atoms with Crippen LogP contribution in [0, 0.1) is 0 Å². The van der Waals surface area contributed by atoms with E-state index in [1.807, 2.05) is 25.1 Å². The van der Waals surface area contributed by atoms with E-state index >= 15 is 0 Å². The van der Waals surface area contributed by atoms with Gasteiger partial charge in [0.2, 0.25) is 0 Å². The maximum absolute atomic E-state index is 10.7. The maximum atomic E-state index is 10.7. The second-order valence-corrected chi connectivity index (χ2v) is 5.73. The lowest BCUT2D eigenvalue weighted by Gasteiger charge is -2.26. The highest BCUT2D eigenvalue weighted by molar-refractivity contribution is 9.10. The lowest BCUT2D eigenvalue weighted by atomic mass is 9.87. The predicted octanol–water partition coefficient (Wildman–Crippen LogP) is 3.03. The molecule has 19 heavy (non-hydrogen) atoms. The largest absolute Gasteiger partial charge is 0.385 e. The average Bonchev–Trinajstić information content (AvgIpc) is 2.90. The van der Waals surface area contributed by atoms with Crippen molar-refractivity contribution in [2.24, 2.45) is 0 Å². The molecule has 2 rings (SSSR count). The highest BCUT2D eigenvalue weighted by Gasteiger charge is 2.27. The van der Waals surface area contributed by atoms with Gasteiger partial charge in [-0.05, 0) is 41.5 Å². The Morgan fingerprint density at radius 2 is 2.21 bits per heavy atom. The van der Waals surface area contributed by atoms with Crippen molar-refractivity contribution in [1.29, 1.82) is 0 Å². The van der Waals surface area contributed by atoms with Crippen molar-refractivity contribution in [3.8, 4) is 11.4 Å². The summed E-state index contributed by atoms with van der Waals surface area (Å²) < 4.78 is 0.925. The van der Waals surface area contributed by atoms with Crippen LogP contribution in [0.1, 0.15) is 38.7 Å². The van der Waals surface area contributed by atoms with Crippen LogP contribution in [-0.2, 0) is 5.60 Å². The van der Waals surface area contributed by atoms with Gasteiger partial charge in [0, 0.05) is 10.0 Å². The number of aromatic amines is 1. The van der Waals surface area contributed by atoms with Crippen molar-refractivity contribution in [2.45, 2.75) is 38.7 Å². The van der Waals surface area contributed by atoms with E-state index in [0.29, 0.717) is 12.2 Å². The quantitative estimate of drug-likeness (QED) is 0.886. The Labute approximate surface area is 120 Å². The molecule has 102 valence electrons. The van der Waals surface area contributed by atoms with E-state index in [1.165, 1.54) is 0 Å². The molecular formula is C13H17BrN4O. The van der Waals surface area contributed by atoms with Crippen LogP contribution >= 0.6 is 15.9 Å². The zero-order chi connectivity index (χ0) is 13.9. The van der Waals surface area contributed by atoms with Crippen molar-refractivity contribution in [1.82, 2.24) is 20.6 Å². The van der Waals surface area contributed by atoms with E-state index in [2.05, 4.69) is 43.5 Å². The van der Waals surface area contributed by atoms with E-state index in [-0.39, 0.29) is 0 Å². The minimum Gasteiger partial charge on any atom is -0.385 e. The van der Waals surface area contributed by atoms with Gasteiger partial charge < -0.3 is 5.11 Å². The first kappa shape index (κ1) is 14.1. The van der Waals surface area contributed by atoms with Gasteiger partial charge in [-0.15, -0.1) is 5.10 Å². The van der Waals surface area contributed by atoms with Gasteiger partial charge in [0.15, 0.2) is 5.82 Å². The molecule has 0 saturated heterocycles. The summed E-state index contributed by atoms with van der Waals surface area (Å²) in [4.78, 5) is 0. The number of unbranched alkanes of at least 4 members (excludes halogenated alkanes) is 1. The molecule has 0 aliphatic heterocycles. The Kier molecular flexibility index (Phi) is 4.31. The van der Waals surface area contributed by atoms with Crippen LogP contribution in [0.3, 0.4) is 0 Å². The summed E-state index contributed by atoms with van der Waals surface area (Å²) in [7, 11) is 0. The fourth-order valence-electron chi connectivity index (χ4n) is 2.11. The van der Waals surface area contributed by atoms with Crippen molar-refractivity contribution in [2.75, 3.05) is 0 Å². The third-order valence-corrected chi connectivity index (χ3v) is 3.67. The number of hydrogen-bond donors (Lipinski definition) is 2. The number of tetrazole rings is 1. The number of aliphatic hydroxyl groups is 1. The van der Waals surface area contributed by atoms with Gasteiger partial charge in [-0.3, -0.25) is 0 Å².